The van der Waals surface area contributed by atoms with Crippen molar-refractivity contribution in [2.75, 3.05) is 26.7 Å². The number of likely N-dealkylation sites (tertiary alicyclic amines) is 1. The molecule has 0 aliphatic carbocycles. The molecule has 20 heavy (non-hydrogen) atoms. The minimum Gasteiger partial charge on any atom is -0.312 e. The number of aryl methyl sites for hydroxylation is 2. The summed E-state index contributed by atoms with van der Waals surface area (Å²) in [6, 6.07) is 7.28. The van der Waals surface area contributed by atoms with E-state index in [2.05, 4.69) is 56.2 Å². The molecule has 0 saturated carbocycles. The highest BCUT2D eigenvalue weighted by molar-refractivity contribution is 5.33. The topological polar surface area (TPSA) is 15.3 Å². The van der Waals surface area contributed by atoms with Gasteiger partial charge >= 0.3 is 0 Å². The number of nitrogens with one attached hydrogen (secondary N) is 1. The summed E-state index contributed by atoms with van der Waals surface area (Å²) in [7, 11) is 2.09. The van der Waals surface area contributed by atoms with Gasteiger partial charge in [0.15, 0.2) is 0 Å². The van der Waals surface area contributed by atoms with Gasteiger partial charge in [0.1, 0.15) is 0 Å². The lowest BCUT2D eigenvalue weighted by atomic mass is 9.99. The average molecular weight is 274 g/mol. The van der Waals surface area contributed by atoms with Crippen molar-refractivity contribution in [3.8, 4) is 0 Å². The van der Waals surface area contributed by atoms with E-state index in [1.807, 2.05) is 0 Å². The molecule has 1 fully saturated rings. The Morgan fingerprint density at radius 1 is 1.25 bits per heavy atom. The molecular formula is C18H30N2. The molecule has 1 aliphatic rings. The van der Waals surface area contributed by atoms with Crippen LogP contribution in [0, 0.1) is 19.8 Å². The number of hydrogen-bond acceptors (Lipinski definition) is 2. The van der Waals surface area contributed by atoms with Crippen LogP contribution in [0.25, 0.3) is 0 Å². The molecule has 1 aromatic rings. The van der Waals surface area contributed by atoms with Gasteiger partial charge in [-0.3, -0.25) is 0 Å². The minimum absolute atomic E-state index is 0.448. The molecule has 2 atom stereocenters. The molecule has 0 radical (unpaired) electrons. The Morgan fingerprint density at radius 2 is 2.05 bits per heavy atom. The highest BCUT2D eigenvalue weighted by Crippen LogP contribution is 2.22. The summed E-state index contributed by atoms with van der Waals surface area (Å²) in [5, 5.41) is 3.52. The van der Waals surface area contributed by atoms with E-state index < -0.39 is 0 Å². The van der Waals surface area contributed by atoms with Crippen molar-refractivity contribution in [3.63, 3.8) is 0 Å². The molecule has 1 heterocycles. The van der Waals surface area contributed by atoms with Crippen molar-refractivity contribution < 1.29 is 0 Å². The number of benzene rings is 1. The molecule has 1 saturated heterocycles. The molecule has 112 valence electrons. The molecule has 1 aliphatic heterocycles. The van der Waals surface area contributed by atoms with Crippen molar-refractivity contribution in [3.05, 3.63) is 34.9 Å². The Balaban J connectivity index is 2.04. The van der Waals surface area contributed by atoms with Gasteiger partial charge in [-0.1, -0.05) is 30.7 Å². The highest BCUT2D eigenvalue weighted by atomic mass is 15.1. The summed E-state index contributed by atoms with van der Waals surface area (Å²) in [6.07, 6.45) is 4.10. The van der Waals surface area contributed by atoms with Crippen LogP contribution in [0.1, 0.15) is 48.9 Å². The third kappa shape index (κ3) is 4.07. The fraction of sp³-hybridized carbons (Fsp3) is 0.667. The lowest BCUT2D eigenvalue weighted by molar-refractivity contribution is 0.253. The summed E-state index contributed by atoms with van der Waals surface area (Å²) in [4.78, 5) is 2.64. The monoisotopic (exact) mass is 274 g/mol. The van der Waals surface area contributed by atoms with Crippen LogP contribution in [0.5, 0.6) is 0 Å². The van der Waals surface area contributed by atoms with E-state index >= 15 is 0 Å². The molecular weight excluding hydrogens is 244 g/mol. The van der Waals surface area contributed by atoms with Crippen LogP contribution >= 0.6 is 0 Å². The number of likely N-dealkylation sites (N-methyl/N-ethyl adjacent to an activating group) is 1. The van der Waals surface area contributed by atoms with Crippen LogP contribution in [-0.4, -0.2) is 31.6 Å². The van der Waals surface area contributed by atoms with Crippen LogP contribution in [-0.2, 0) is 0 Å². The van der Waals surface area contributed by atoms with Crippen molar-refractivity contribution >= 4 is 0 Å². The first-order valence-corrected chi connectivity index (χ1v) is 8.07. The third-order valence-electron chi connectivity index (χ3n) is 4.70. The van der Waals surface area contributed by atoms with E-state index in [9.17, 15) is 0 Å². The zero-order valence-electron chi connectivity index (χ0n) is 13.6. The van der Waals surface area contributed by atoms with Crippen molar-refractivity contribution in [2.45, 2.75) is 46.1 Å². The second-order valence-corrected chi connectivity index (χ2v) is 6.54. The van der Waals surface area contributed by atoms with E-state index in [0.29, 0.717) is 6.04 Å². The van der Waals surface area contributed by atoms with E-state index in [1.54, 1.807) is 0 Å². The van der Waals surface area contributed by atoms with Gasteiger partial charge in [0.05, 0.1) is 0 Å². The van der Waals surface area contributed by atoms with E-state index in [-0.39, 0.29) is 0 Å². The quantitative estimate of drug-likeness (QED) is 0.901. The Morgan fingerprint density at radius 3 is 2.75 bits per heavy atom. The van der Waals surface area contributed by atoms with Gasteiger partial charge in [-0.05, 0) is 70.3 Å². The summed E-state index contributed by atoms with van der Waals surface area (Å²) in [5.74, 6) is 0.897. The molecule has 0 spiro atoms. The lowest BCUT2D eigenvalue weighted by Gasteiger charge is -2.27. The van der Waals surface area contributed by atoms with Crippen LogP contribution in [0.15, 0.2) is 18.2 Å². The molecule has 0 bridgehead atoms. The fourth-order valence-corrected chi connectivity index (χ4v) is 3.32. The smallest absolute Gasteiger partial charge is 0.0449 e. The summed E-state index contributed by atoms with van der Waals surface area (Å²) in [5.41, 5.74) is 4.22. The van der Waals surface area contributed by atoms with Gasteiger partial charge in [-0.25, -0.2) is 0 Å². The van der Waals surface area contributed by atoms with E-state index in [1.165, 1.54) is 49.0 Å². The standard InChI is InChI=1S/C18H30N2/c1-14-6-5-10-20(11-9-14)13-18(19-4)17-8-7-15(2)12-16(17)3/h7-8,12,14,18-19H,5-6,9-11,13H2,1-4H3. The maximum atomic E-state index is 3.52. The number of nitrogens with zero attached hydrogens (tertiary/aromatic N) is 1. The molecule has 1 N–H and O–H groups in total. The Hall–Kier alpha value is -0.860. The zero-order chi connectivity index (χ0) is 14.5. The summed E-state index contributed by atoms with van der Waals surface area (Å²) >= 11 is 0. The molecule has 2 unspecified atom stereocenters. The molecule has 1 aromatic carbocycles. The second-order valence-electron chi connectivity index (χ2n) is 6.54. The Labute approximate surface area is 124 Å². The van der Waals surface area contributed by atoms with E-state index in [0.717, 1.165) is 12.5 Å². The molecule has 0 amide bonds. The number of hydrogen-bond donors (Lipinski definition) is 1. The van der Waals surface area contributed by atoms with Crippen molar-refractivity contribution in [1.29, 1.82) is 0 Å². The number of rotatable bonds is 4. The average Bonchev–Trinajstić information content (AvgIpc) is 2.61. The van der Waals surface area contributed by atoms with Crippen LogP contribution in [0.3, 0.4) is 0 Å². The fourth-order valence-electron chi connectivity index (χ4n) is 3.32. The van der Waals surface area contributed by atoms with Gasteiger partial charge in [-0.2, -0.15) is 0 Å². The highest BCUT2D eigenvalue weighted by Gasteiger charge is 2.19. The van der Waals surface area contributed by atoms with Crippen LogP contribution < -0.4 is 5.32 Å². The first kappa shape index (κ1) is 15.5. The third-order valence-corrected chi connectivity index (χ3v) is 4.70. The molecule has 2 nitrogen and oxygen atoms in total. The molecule has 2 heteroatoms. The first-order chi connectivity index (χ1) is 9.60. The largest absolute Gasteiger partial charge is 0.312 e. The predicted molar refractivity (Wildman–Crippen MR) is 87.2 cm³/mol. The van der Waals surface area contributed by atoms with Gasteiger partial charge in [0.2, 0.25) is 0 Å². The Kier molecular flexibility index (Phi) is 5.62. The van der Waals surface area contributed by atoms with Gasteiger partial charge < -0.3 is 10.2 Å². The van der Waals surface area contributed by atoms with E-state index in [4.69, 9.17) is 0 Å². The van der Waals surface area contributed by atoms with Crippen LogP contribution in [0.2, 0.25) is 0 Å². The SMILES string of the molecule is CNC(CN1CCCC(C)CC1)c1ccc(C)cc1C. The minimum atomic E-state index is 0.448. The molecule has 0 aromatic heterocycles. The zero-order valence-corrected chi connectivity index (χ0v) is 13.6. The Bertz CT molecular complexity index is 427. The first-order valence-electron chi connectivity index (χ1n) is 8.07. The normalized spacial score (nSPS) is 22.5. The van der Waals surface area contributed by atoms with Crippen molar-refractivity contribution in [2.24, 2.45) is 5.92 Å². The summed E-state index contributed by atoms with van der Waals surface area (Å²) in [6.45, 7) is 10.4. The second kappa shape index (κ2) is 7.24. The summed E-state index contributed by atoms with van der Waals surface area (Å²) < 4.78 is 0. The van der Waals surface area contributed by atoms with Gasteiger partial charge in [-0.15, -0.1) is 0 Å². The lowest BCUT2D eigenvalue weighted by Crippen LogP contribution is -2.35. The van der Waals surface area contributed by atoms with Gasteiger partial charge in [0, 0.05) is 12.6 Å². The maximum Gasteiger partial charge on any atom is 0.0449 e. The maximum absolute atomic E-state index is 3.52. The molecule has 2 rings (SSSR count). The van der Waals surface area contributed by atoms with Gasteiger partial charge in [0.25, 0.3) is 0 Å². The van der Waals surface area contributed by atoms with Crippen LogP contribution in [0.4, 0.5) is 0 Å². The van der Waals surface area contributed by atoms with Crippen molar-refractivity contribution in [1.82, 2.24) is 10.2 Å². The predicted octanol–water partition coefficient (Wildman–Crippen LogP) is 3.69.